The molecule has 2 heterocycles. The lowest BCUT2D eigenvalue weighted by molar-refractivity contribution is 0.208. The van der Waals surface area contributed by atoms with Gasteiger partial charge in [0.15, 0.2) is 0 Å². The molecule has 2 aromatic carbocycles. The van der Waals surface area contributed by atoms with Gasteiger partial charge in [0.25, 0.3) is 0 Å². The molecule has 1 aliphatic rings. The van der Waals surface area contributed by atoms with Gasteiger partial charge in [-0.3, -0.25) is 0 Å². The van der Waals surface area contributed by atoms with Crippen LogP contribution >= 0.6 is 0 Å². The number of benzene rings is 2. The van der Waals surface area contributed by atoms with E-state index >= 15 is 0 Å². The molecule has 146 valence electrons. The number of amides is 2. The molecule has 0 saturated carbocycles. The molecule has 1 aliphatic heterocycles. The lowest BCUT2D eigenvalue weighted by atomic mass is 10.1. The van der Waals surface area contributed by atoms with Gasteiger partial charge in [0.1, 0.15) is 0 Å². The van der Waals surface area contributed by atoms with Gasteiger partial charge in [-0.2, -0.15) is 0 Å². The number of piperazine rings is 1. The summed E-state index contributed by atoms with van der Waals surface area (Å²) in [7, 11) is 0. The van der Waals surface area contributed by atoms with Gasteiger partial charge in [-0.25, -0.2) is 9.78 Å². The number of carbonyl (C=O) groups excluding carboxylic acids is 1. The minimum atomic E-state index is -0.0302. The maximum Gasteiger partial charge on any atom is 0.321 e. The van der Waals surface area contributed by atoms with Crippen LogP contribution in [0.2, 0.25) is 0 Å². The number of aryl methyl sites for hydroxylation is 3. The third kappa shape index (κ3) is 3.42. The summed E-state index contributed by atoms with van der Waals surface area (Å²) in [5, 5.41) is 3.07. The van der Waals surface area contributed by atoms with Crippen LogP contribution in [0.25, 0.3) is 11.0 Å². The van der Waals surface area contributed by atoms with Crippen LogP contribution in [0.5, 0.6) is 0 Å². The number of aromatic nitrogens is 2. The number of fused-ring (bicyclic) bond motifs is 1. The predicted molar refractivity (Wildman–Crippen MR) is 114 cm³/mol. The van der Waals surface area contributed by atoms with Crippen molar-refractivity contribution in [2.45, 2.75) is 27.3 Å². The third-order valence-electron chi connectivity index (χ3n) is 5.44. The second-order valence-electron chi connectivity index (χ2n) is 7.37. The number of hydrogen-bond acceptors (Lipinski definition) is 3. The number of rotatable bonds is 3. The second kappa shape index (κ2) is 7.54. The molecule has 0 bridgehead atoms. The van der Waals surface area contributed by atoms with Crippen LogP contribution < -0.4 is 10.2 Å². The second-order valence-corrected chi connectivity index (χ2v) is 7.37. The Bertz CT molecular complexity index is 1000. The minimum Gasteiger partial charge on any atom is -0.339 e. The summed E-state index contributed by atoms with van der Waals surface area (Å²) in [5.41, 5.74) is 5.29. The maximum absolute atomic E-state index is 12.7. The van der Waals surface area contributed by atoms with E-state index in [1.165, 1.54) is 0 Å². The number of anilines is 2. The van der Waals surface area contributed by atoms with E-state index in [1.807, 2.05) is 36.9 Å². The Balaban J connectivity index is 1.45. The molecule has 6 heteroatoms. The molecule has 28 heavy (non-hydrogen) atoms. The summed E-state index contributed by atoms with van der Waals surface area (Å²) < 4.78 is 2.25. The van der Waals surface area contributed by atoms with Gasteiger partial charge >= 0.3 is 6.03 Å². The van der Waals surface area contributed by atoms with Crippen molar-refractivity contribution in [1.82, 2.24) is 14.5 Å². The molecule has 0 spiro atoms. The highest BCUT2D eigenvalue weighted by Crippen LogP contribution is 2.24. The molecule has 0 unspecified atom stereocenters. The molecule has 4 rings (SSSR count). The van der Waals surface area contributed by atoms with Gasteiger partial charge in [0, 0.05) is 38.4 Å². The van der Waals surface area contributed by atoms with Crippen molar-refractivity contribution >= 4 is 28.7 Å². The van der Waals surface area contributed by atoms with E-state index in [0.29, 0.717) is 13.1 Å². The summed E-state index contributed by atoms with van der Waals surface area (Å²) in [5.74, 6) is 0.998. The fourth-order valence-corrected chi connectivity index (χ4v) is 3.79. The predicted octanol–water partition coefficient (Wildman–Crippen LogP) is 4.03. The van der Waals surface area contributed by atoms with Crippen molar-refractivity contribution in [1.29, 1.82) is 0 Å². The van der Waals surface area contributed by atoms with E-state index in [4.69, 9.17) is 4.98 Å². The molecular formula is C22H27N5O. The van der Waals surface area contributed by atoms with Gasteiger partial charge in [-0.1, -0.05) is 24.3 Å². The number of imidazole rings is 1. The Hall–Kier alpha value is -3.02. The lowest BCUT2D eigenvalue weighted by Crippen LogP contribution is -2.50. The first-order chi connectivity index (χ1) is 13.6. The van der Waals surface area contributed by atoms with Gasteiger partial charge in [-0.05, 0) is 50.1 Å². The van der Waals surface area contributed by atoms with Crippen LogP contribution in [0.3, 0.4) is 0 Å². The Labute approximate surface area is 165 Å². The van der Waals surface area contributed by atoms with Crippen LogP contribution in [0, 0.1) is 13.8 Å². The van der Waals surface area contributed by atoms with E-state index in [1.54, 1.807) is 0 Å². The van der Waals surface area contributed by atoms with Crippen molar-refractivity contribution in [3.8, 4) is 0 Å². The first kappa shape index (κ1) is 18.3. The molecule has 6 nitrogen and oxygen atoms in total. The van der Waals surface area contributed by atoms with Crippen molar-refractivity contribution in [3.05, 3.63) is 53.6 Å². The van der Waals surface area contributed by atoms with E-state index in [2.05, 4.69) is 46.0 Å². The number of nitrogens with zero attached hydrogens (tertiary/aromatic N) is 4. The highest BCUT2D eigenvalue weighted by molar-refractivity contribution is 5.90. The maximum atomic E-state index is 12.7. The fraction of sp³-hybridized carbons (Fsp3) is 0.364. The van der Waals surface area contributed by atoms with E-state index < -0.39 is 0 Å². The van der Waals surface area contributed by atoms with Crippen molar-refractivity contribution in [3.63, 3.8) is 0 Å². The van der Waals surface area contributed by atoms with Crippen LogP contribution in [0.15, 0.2) is 42.5 Å². The average Bonchev–Trinajstić information content (AvgIpc) is 3.09. The number of urea groups is 1. The molecule has 0 atom stereocenters. The number of carbonyl (C=O) groups is 1. The topological polar surface area (TPSA) is 53.4 Å². The highest BCUT2D eigenvalue weighted by Gasteiger charge is 2.24. The van der Waals surface area contributed by atoms with Gasteiger partial charge < -0.3 is 19.7 Å². The SMILES string of the molecule is CCn1c(N2CCN(C(=O)Nc3cc(C)ccc3C)CC2)nc2ccccc21. The molecule has 2 amide bonds. The zero-order valence-electron chi connectivity index (χ0n) is 16.8. The Kier molecular flexibility index (Phi) is 4.94. The summed E-state index contributed by atoms with van der Waals surface area (Å²) in [6, 6.07) is 14.3. The summed E-state index contributed by atoms with van der Waals surface area (Å²) in [6.07, 6.45) is 0. The van der Waals surface area contributed by atoms with Gasteiger partial charge in [-0.15, -0.1) is 0 Å². The lowest BCUT2D eigenvalue weighted by Gasteiger charge is -2.35. The quantitative estimate of drug-likeness (QED) is 0.750. The Morgan fingerprint density at radius 3 is 2.57 bits per heavy atom. The normalized spacial score (nSPS) is 14.5. The van der Waals surface area contributed by atoms with Crippen molar-refractivity contribution in [2.24, 2.45) is 0 Å². The van der Waals surface area contributed by atoms with Crippen LogP contribution in [0.4, 0.5) is 16.4 Å². The fourth-order valence-electron chi connectivity index (χ4n) is 3.79. The smallest absolute Gasteiger partial charge is 0.321 e. The summed E-state index contributed by atoms with van der Waals surface area (Å²) in [4.78, 5) is 21.7. The van der Waals surface area contributed by atoms with Crippen LogP contribution in [-0.2, 0) is 6.54 Å². The highest BCUT2D eigenvalue weighted by atomic mass is 16.2. The Morgan fingerprint density at radius 1 is 1.07 bits per heavy atom. The summed E-state index contributed by atoms with van der Waals surface area (Å²) in [6.45, 7) is 10.0. The molecular weight excluding hydrogens is 350 g/mol. The molecule has 1 fully saturated rings. The third-order valence-corrected chi connectivity index (χ3v) is 5.44. The Morgan fingerprint density at radius 2 is 1.82 bits per heavy atom. The first-order valence-corrected chi connectivity index (χ1v) is 9.90. The zero-order chi connectivity index (χ0) is 19.7. The van der Waals surface area contributed by atoms with Gasteiger partial charge in [0.05, 0.1) is 11.0 Å². The van der Waals surface area contributed by atoms with Crippen LogP contribution in [-0.4, -0.2) is 46.7 Å². The van der Waals surface area contributed by atoms with Crippen molar-refractivity contribution in [2.75, 3.05) is 36.4 Å². The van der Waals surface area contributed by atoms with Crippen LogP contribution in [0.1, 0.15) is 18.1 Å². The minimum absolute atomic E-state index is 0.0302. The molecule has 0 radical (unpaired) electrons. The summed E-state index contributed by atoms with van der Waals surface area (Å²) >= 11 is 0. The van der Waals surface area contributed by atoms with E-state index in [9.17, 15) is 4.79 Å². The molecule has 1 N–H and O–H groups in total. The van der Waals surface area contributed by atoms with E-state index in [0.717, 1.165) is 53.4 Å². The number of nitrogens with one attached hydrogen (secondary N) is 1. The first-order valence-electron chi connectivity index (χ1n) is 9.90. The zero-order valence-corrected chi connectivity index (χ0v) is 16.8. The molecule has 1 aromatic heterocycles. The molecule has 3 aromatic rings. The largest absolute Gasteiger partial charge is 0.339 e. The van der Waals surface area contributed by atoms with E-state index in [-0.39, 0.29) is 6.03 Å². The molecule has 0 aliphatic carbocycles. The average molecular weight is 377 g/mol. The standard InChI is InChI=1S/C22H27N5O/c1-4-27-20-8-6-5-7-18(20)23-21(27)25-11-13-26(14-12-25)22(28)24-19-15-16(2)9-10-17(19)3/h5-10,15H,4,11-14H2,1-3H3,(H,24,28). The van der Waals surface area contributed by atoms with Crippen molar-refractivity contribution < 1.29 is 4.79 Å². The number of para-hydroxylation sites is 2. The molecule has 1 saturated heterocycles. The monoisotopic (exact) mass is 377 g/mol. The van der Waals surface area contributed by atoms with Gasteiger partial charge in [0.2, 0.25) is 5.95 Å². The number of hydrogen-bond donors (Lipinski definition) is 1.